The van der Waals surface area contributed by atoms with Crippen LogP contribution in [0.3, 0.4) is 0 Å². The van der Waals surface area contributed by atoms with Crippen LogP contribution >= 0.6 is 0 Å². The maximum absolute atomic E-state index is 4.97. The fraction of sp³-hybridized carbons (Fsp3) is 0.269. The van der Waals surface area contributed by atoms with Gasteiger partial charge in [-0.3, -0.25) is 0 Å². The molecule has 6 rings (SSSR count). The summed E-state index contributed by atoms with van der Waals surface area (Å²) in [5.74, 6) is 1.72. The van der Waals surface area contributed by atoms with Crippen LogP contribution in [-0.4, -0.2) is 35.2 Å². The monoisotopic (exact) mass is 435 g/mol. The van der Waals surface area contributed by atoms with Crippen LogP contribution in [0.15, 0.2) is 48.5 Å². The van der Waals surface area contributed by atoms with E-state index in [9.17, 15) is 0 Å². The van der Waals surface area contributed by atoms with Gasteiger partial charge in [-0.05, 0) is 65.8 Å². The van der Waals surface area contributed by atoms with Crippen molar-refractivity contribution >= 4 is 11.2 Å². The van der Waals surface area contributed by atoms with Crippen LogP contribution in [0.4, 0.5) is 0 Å². The number of aromatic nitrogens is 7. The molecule has 0 aliphatic heterocycles. The highest BCUT2D eigenvalue weighted by molar-refractivity contribution is 5.81. The summed E-state index contributed by atoms with van der Waals surface area (Å²) in [4.78, 5) is 9.88. The SMILES string of the molecule is CCc1nc2c(C)cc(C)nc2n1[C@@H]1CCc2cc(-c3ccccc3-c3nn[nH]n3)ccc21. The van der Waals surface area contributed by atoms with Gasteiger partial charge in [-0.1, -0.05) is 49.4 Å². The Balaban J connectivity index is 1.46. The van der Waals surface area contributed by atoms with Crippen molar-refractivity contribution in [3.05, 3.63) is 76.7 Å². The Morgan fingerprint density at radius 2 is 1.88 bits per heavy atom. The highest BCUT2D eigenvalue weighted by Crippen LogP contribution is 2.40. The van der Waals surface area contributed by atoms with Crippen LogP contribution in [0, 0.1) is 13.8 Å². The van der Waals surface area contributed by atoms with Crippen LogP contribution < -0.4 is 0 Å². The Hall–Kier alpha value is -3.87. The molecule has 0 amide bonds. The number of aryl methyl sites for hydroxylation is 4. The molecule has 0 bridgehead atoms. The Labute approximate surface area is 191 Å². The fourth-order valence-corrected chi connectivity index (χ4v) is 5.24. The molecule has 3 aromatic heterocycles. The van der Waals surface area contributed by atoms with E-state index in [-0.39, 0.29) is 6.04 Å². The molecule has 7 nitrogen and oxygen atoms in total. The van der Waals surface area contributed by atoms with Gasteiger partial charge in [0.2, 0.25) is 5.82 Å². The van der Waals surface area contributed by atoms with Gasteiger partial charge in [-0.15, -0.1) is 10.2 Å². The standard InChI is InChI=1S/C26H25N7/c1-4-23-28-24-15(2)13-16(3)27-26(24)33(23)22-12-10-18-14-17(9-11-20(18)22)19-7-5-6-8-21(19)25-29-31-32-30-25/h5-9,11,13-14,22H,4,10,12H2,1-3H3,(H,29,30,31,32)/t22-/m1/s1. The first-order chi connectivity index (χ1) is 16.1. The molecule has 0 radical (unpaired) electrons. The molecule has 1 N–H and O–H groups in total. The summed E-state index contributed by atoms with van der Waals surface area (Å²) in [7, 11) is 0. The van der Waals surface area contributed by atoms with Crippen molar-refractivity contribution in [1.29, 1.82) is 0 Å². The molecule has 0 unspecified atom stereocenters. The predicted octanol–water partition coefficient (Wildman–Crippen LogP) is 4.99. The second kappa shape index (κ2) is 7.62. The maximum atomic E-state index is 4.97. The molecule has 1 aliphatic carbocycles. The van der Waals surface area contributed by atoms with Gasteiger partial charge >= 0.3 is 0 Å². The average molecular weight is 436 g/mol. The largest absolute Gasteiger partial charge is 0.305 e. The summed E-state index contributed by atoms with van der Waals surface area (Å²) >= 11 is 0. The molecule has 3 heterocycles. The molecule has 0 saturated carbocycles. The van der Waals surface area contributed by atoms with E-state index in [0.29, 0.717) is 5.82 Å². The molecule has 0 spiro atoms. The van der Waals surface area contributed by atoms with Crippen LogP contribution in [0.2, 0.25) is 0 Å². The lowest BCUT2D eigenvalue weighted by molar-refractivity contribution is 0.566. The number of hydrogen-bond acceptors (Lipinski definition) is 5. The third kappa shape index (κ3) is 3.15. The lowest BCUT2D eigenvalue weighted by Crippen LogP contribution is -2.11. The number of benzene rings is 2. The third-order valence-corrected chi connectivity index (χ3v) is 6.68. The van der Waals surface area contributed by atoms with Crippen molar-refractivity contribution in [1.82, 2.24) is 35.2 Å². The summed E-state index contributed by atoms with van der Waals surface area (Å²) in [6, 6.07) is 17.4. The zero-order chi connectivity index (χ0) is 22.5. The molecule has 0 fully saturated rings. The van der Waals surface area contributed by atoms with E-state index >= 15 is 0 Å². The second-order valence-electron chi connectivity index (χ2n) is 8.75. The number of nitrogens with one attached hydrogen (secondary N) is 1. The van der Waals surface area contributed by atoms with Gasteiger partial charge in [0.15, 0.2) is 5.65 Å². The normalized spacial score (nSPS) is 15.3. The number of hydrogen-bond donors (Lipinski definition) is 1. The summed E-state index contributed by atoms with van der Waals surface area (Å²) in [5, 5.41) is 14.7. The smallest absolute Gasteiger partial charge is 0.205 e. The lowest BCUT2D eigenvalue weighted by atomic mass is 9.96. The van der Waals surface area contributed by atoms with Gasteiger partial charge in [0, 0.05) is 17.7 Å². The first-order valence-corrected chi connectivity index (χ1v) is 11.4. The summed E-state index contributed by atoms with van der Waals surface area (Å²) in [5.41, 5.74) is 10.3. The van der Waals surface area contributed by atoms with Gasteiger partial charge < -0.3 is 4.57 Å². The molecule has 2 aromatic carbocycles. The number of imidazole rings is 1. The minimum absolute atomic E-state index is 0.259. The fourth-order valence-electron chi connectivity index (χ4n) is 5.24. The van der Waals surface area contributed by atoms with E-state index in [1.165, 1.54) is 22.3 Å². The lowest BCUT2D eigenvalue weighted by Gasteiger charge is -2.18. The summed E-state index contributed by atoms with van der Waals surface area (Å²) in [6.45, 7) is 6.36. The topological polar surface area (TPSA) is 85.2 Å². The number of pyridine rings is 1. The summed E-state index contributed by atoms with van der Waals surface area (Å²) in [6.07, 6.45) is 2.97. The van der Waals surface area contributed by atoms with E-state index in [4.69, 9.17) is 9.97 Å². The minimum atomic E-state index is 0.259. The third-order valence-electron chi connectivity index (χ3n) is 6.68. The van der Waals surface area contributed by atoms with Crippen LogP contribution in [0.1, 0.15) is 47.6 Å². The number of rotatable bonds is 4. The van der Waals surface area contributed by atoms with Crippen LogP contribution in [0.25, 0.3) is 33.7 Å². The number of tetrazole rings is 1. The Morgan fingerprint density at radius 3 is 2.67 bits per heavy atom. The maximum Gasteiger partial charge on any atom is 0.205 e. The highest BCUT2D eigenvalue weighted by Gasteiger charge is 2.29. The highest BCUT2D eigenvalue weighted by atomic mass is 15.5. The summed E-state index contributed by atoms with van der Waals surface area (Å²) < 4.78 is 2.38. The molecule has 33 heavy (non-hydrogen) atoms. The van der Waals surface area contributed by atoms with Gasteiger partial charge in [-0.2, -0.15) is 5.21 Å². The van der Waals surface area contributed by atoms with E-state index in [0.717, 1.165) is 53.1 Å². The molecule has 164 valence electrons. The van der Waals surface area contributed by atoms with Gasteiger partial charge in [0.25, 0.3) is 0 Å². The molecule has 7 heteroatoms. The van der Waals surface area contributed by atoms with E-state index < -0.39 is 0 Å². The van der Waals surface area contributed by atoms with Crippen molar-refractivity contribution in [3.8, 4) is 22.5 Å². The number of nitrogens with zero attached hydrogens (tertiary/aromatic N) is 6. The van der Waals surface area contributed by atoms with E-state index in [2.05, 4.69) is 82.4 Å². The molecule has 1 atom stereocenters. The van der Waals surface area contributed by atoms with Gasteiger partial charge in [0.1, 0.15) is 11.3 Å². The Kier molecular flexibility index (Phi) is 4.57. The first kappa shape index (κ1) is 19.8. The van der Waals surface area contributed by atoms with Crippen molar-refractivity contribution < 1.29 is 0 Å². The van der Waals surface area contributed by atoms with Crippen LogP contribution in [0.5, 0.6) is 0 Å². The molecule has 1 aliphatic rings. The first-order valence-electron chi connectivity index (χ1n) is 11.4. The number of aromatic amines is 1. The van der Waals surface area contributed by atoms with E-state index in [1.807, 2.05) is 12.1 Å². The van der Waals surface area contributed by atoms with Crippen LogP contribution in [-0.2, 0) is 12.8 Å². The predicted molar refractivity (Wildman–Crippen MR) is 128 cm³/mol. The number of H-pyrrole nitrogens is 1. The Bertz CT molecular complexity index is 1480. The molecular weight excluding hydrogens is 410 g/mol. The molecule has 0 saturated heterocycles. The second-order valence-corrected chi connectivity index (χ2v) is 8.75. The minimum Gasteiger partial charge on any atom is -0.305 e. The van der Waals surface area contributed by atoms with Crippen molar-refractivity contribution in [2.75, 3.05) is 0 Å². The van der Waals surface area contributed by atoms with E-state index in [1.54, 1.807) is 0 Å². The number of fused-ring (bicyclic) bond motifs is 2. The average Bonchev–Trinajstić information content (AvgIpc) is 3.57. The van der Waals surface area contributed by atoms with Gasteiger partial charge in [0.05, 0.1) is 6.04 Å². The quantitative estimate of drug-likeness (QED) is 0.430. The molecule has 5 aromatic rings. The molecular formula is C26H25N7. The van der Waals surface area contributed by atoms with Crippen molar-refractivity contribution in [3.63, 3.8) is 0 Å². The van der Waals surface area contributed by atoms with Crippen molar-refractivity contribution in [2.24, 2.45) is 0 Å². The van der Waals surface area contributed by atoms with Crippen molar-refractivity contribution in [2.45, 2.75) is 46.1 Å². The van der Waals surface area contributed by atoms with Gasteiger partial charge in [-0.25, -0.2) is 9.97 Å². The Morgan fingerprint density at radius 1 is 1.03 bits per heavy atom. The zero-order valence-electron chi connectivity index (χ0n) is 19.0. The zero-order valence-corrected chi connectivity index (χ0v) is 19.0.